The summed E-state index contributed by atoms with van der Waals surface area (Å²) in [4.78, 5) is 2.52. The molecule has 10 aromatic carbocycles. The molecule has 0 radical (unpaired) electrons. The largest absolute Gasteiger partial charge is 0.455 e. The molecule has 0 amide bonds. The van der Waals surface area contributed by atoms with Gasteiger partial charge in [-0.05, 0) is 128 Å². The Balaban J connectivity index is 0.970. The van der Waals surface area contributed by atoms with E-state index >= 15 is 0 Å². The van der Waals surface area contributed by atoms with Gasteiger partial charge in [0, 0.05) is 65.7 Å². The third-order valence-corrected chi connectivity index (χ3v) is 17.0. The van der Waals surface area contributed by atoms with Gasteiger partial charge in [-0.1, -0.05) is 181 Å². The molecule has 0 aliphatic heterocycles. The maximum absolute atomic E-state index is 7.01. The highest BCUT2D eigenvalue weighted by Crippen LogP contribution is 2.64. The van der Waals surface area contributed by atoms with Crippen molar-refractivity contribution >= 4 is 71.7 Å². The number of fused-ring (bicyclic) bond motifs is 20. The van der Waals surface area contributed by atoms with Crippen LogP contribution in [0.25, 0.3) is 99.2 Å². The third kappa shape index (κ3) is 5.23. The quantitative estimate of drug-likeness (QED) is 0.176. The van der Waals surface area contributed by atoms with Gasteiger partial charge in [0.05, 0.1) is 5.69 Å². The van der Waals surface area contributed by atoms with Crippen LogP contribution in [0.4, 0.5) is 17.1 Å². The molecule has 12 aromatic rings. The van der Waals surface area contributed by atoms with Crippen LogP contribution in [0.2, 0.25) is 0 Å². The standard InChI is InChI=1S/C68H51NO2/c1-38-27-29-40(30-28-38)49-37-53-57(59-47-21-11-14-25-55(47)70-64(49)59)45-33-31-41(35-51(45)66(53,2)3)69(54-24-16-18-39-17-8-9-19-43(39)54)42-32-34-46-52(36-42)68(6,7)62-58(46)60-48-22-12-15-26-56(48)71-65(60)61-44-20-10-13-23-50(44)67(4,5)63(61)62/h8-37H,1-7H3. The molecule has 0 unspecified atom stereocenters. The third-order valence-electron chi connectivity index (χ3n) is 17.0. The topological polar surface area (TPSA) is 29.5 Å². The minimum Gasteiger partial charge on any atom is -0.455 e. The number of para-hydroxylation sites is 2. The summed E-state index contributed by atoms with van der Waals surface area (Å²) in [6.07, 6.45) is 0. The molecule has 71 heavy (non-hydrogen) atoms. The summed E-state index contributed by atoms with van der Waals surface area (Å²) in [6, 6.07) is 67.6. The molecule has 0 fully saturated rings. The number of anilines is 3. The number of hydrogen-bond acceptors (Lipinski definition) is 3. The van der Waals surface area contributed by atoms with Gasteiger partial charge in [0.25, 0.3) is 0 Å². The monoisotopic (exact) mass is 913 g/mol. The van der Waals surface area contributed by atoms with E-state index in [2.05, 4.69) is 235 Å². The molecule has 0 saturated carbocycles. The number of rotatable bonds is 4. The lowest BCUT2D eigenvalue weighted by Gasteiger charge is -2.32. The van der Waals surface area contributed by atoms with E-state index < -0.39 is 0 Å². The van der Waals surface area contributed by atoms with Crippen LogP contribution in [0.5, 0.6) is 0 Å². The molecule has 0 bridgehead atoms. The number of furan rings is 2. The second-order valence-electron chi connectivity index (χ2n) is 22.0. The van der Waals surface area contributed by atoms with Crippen molar-refractivity contribution in [1.29, 1.82) is 0 Å². The van der Waals surface area contributed by atoms with E-state index in [1.54, 1.807) is 0 Å². The molecule has 2 aromatic heterocycles. The molecular formula is C68H51NO2. The molecule has 3 aliphatic rings. The highest BCUT2D eigenvalue weighted by Gasteiger charge is 2.49. The second-order valence-corrected chi connectivity index (χ2v) is 22.0. The zero-order valence-corrected chi connectivity index (χ0v) is 41.1. The molecule has 3 heteroatoms. The van der Waals surface area contributed by atoms with Crippen LogP contribution in [0.15, 0.2) is 191 Å². The number of benzene rings is 10. The summed E-state index contributed by atoms with van der Waals surface area (Å²) in [5.74, 6) is 0. The summed E-state index contributed by atoms with van der Waals surface area (Å²) in [7, 11) is 0. The van der Waals surface area contributed by atoms with E-state index in [1.807, 2.05) is 0 Å². The Morgan fingerprint density at radius 1 is 0.380 bits per heavy atom. The van der Waals surface area contributed by atoms with Gasteiger partial charge in [-0.3, -0.25) is 0 Å². The van der Waals surface area contributed by atoms with Crippen LogP contribution in [0.3, 0.4) is 0 Å². The molecule has 0 saturated heterocycles. The summed E-state index contributed by atoms with van der Waals surface area (Å²) in [6.45, 7) is 16.7. The molecule has 0 atom stereocenters. The van der Waals surface area contributed by atoms with E-state index in [9.17, 15) is 0 Å². The van der Waals surface area contributed by atoms with Crippen molar-refractivity contribution in [3.05, 3.63) is 221 Å². The fourth-order valence-electron chi connectivity index (χ4n) is 13.7. The van der Waals surface area contributed by atoms with E-state index in [0.29, 0.717) is 0 Å². The van der Waals surface area contributed by atoms with Crippen molar-refractivity contribution in [2.75, 3.05) is 4.90 Å². The Labute approximate surface area is 413 Å². The first-order valence-electron chi connectivity index (χ1n) is 25.2. The molecule has 0 spiro atoms. The Hall–Kier alpha value is -8.14. The fraction of sp³-hybridized carbons (Fsp3) is 0.147. The van der Waals surface area contributed by atoms with Gasteiger partial charge >= 0.3 is 0 Å². The fourth-order valence-corrected chi connectivity index (χ4v) is 13.7. The van der Waals surface area contributed by atoms with Gasteiger partial charge in [-0.15, -0.1) is 0 Å². The van der Waals surface area contributed by atoms with E-state index in [1.165, 1.54) is 105 Å². The van der Waals surface area contributed by atoms with Crippen molar-refractivity contribution in [3.63, 3.8) is 0 Å². The lowest BCUT2D eigenvalue weighted by atomic mass is 9.72. The minimum absolute atomic E-state index is 0.232. The van der Waals surface area contributed by atoms with Gasteiger partial charge in [0.15, 0.2) is 0 Å². The summed E-state index contributed by atoms with van der Waals surface area (Å²) >= 11 is 0. The lowest BCUT2D eigenvalue weighted by molar-refractivity contribution is 0.600. The second kappa shape index (κ2) is 13.8. The molecule has 340 valence electrons. The Kier molecular flexibility index (Phi) is 7.91. The van der Waals surface area contributed by atoms with Gasteiger partial charge < -0.3 is 13.7 Å². The Morgan fingerprint density at radius 2 is 0.915 bits per heavy atom. The molecule has 0 N–H and O–H groups in total. The van der Waals surface area contributed by atoms with Crippen LogP contribution in [-0.2, 0) is 16.2 Å². The van der Waals surface area contributed by atoms with Gasteiger partial charge in [0.2, 0.25) is 0 Å². The predicted molar refractivity (Wildman–Crippen MR) is 296 cm³/mol. The van der Waals surface area contributed by atoms with Gasteiger partial charge in [-0.25, -0.2) is 0 Å². The normalized spacial score (nSPS) is 15.3. The SMILES string of the molecule is Cc1ccc(-c2cc3c(c4c2oc2ccccc24)-c2ccc(N(c4ccc5c(c4)C(C)(C)c4c6c(c7oc8ccccc8c7c4-5)-c4ccccc4C6(C)C)c4cccc5ccccc45)cc2C3(C)C)cc1. The molecule has 15 rings (SSSR count). The minimum atomic E-state index is -0.337. The predicted octanol–water partition coefficient (Wildman–Crippen LogP) is 19.0. The van der Waals surface area contributed by atoms with E-state index in [0.717, 1.165) is 50.3 Å². The number of aryl methyl sites for hydroxylation is 1. The lowest BCUT2D eigenvalue weighted by Crippen LogP contribution is -2.24. The van der Waals surface area contributed by atoms with Crippen LogP contribution >= 0.6 is 0 Å². The van der Waals surface area contributed by atoms with Crippen molar-refractivity contribution in [3.8, 4) is 44.5 Å². The maximum Gasteiger partial charge on any atom is 0.144 e. The number of nitrogens with zero attached hydrogens (tertiary/aromatic N) is 1. The van der Waals surface area contributed by atoms with E-state index in [4.69, 9.17) is 8.83 Å². The molecule has 3 aliphatic carbocycles. The molecule has 3 nitrogen and oxygen atoms in total. The van der Waals surface area contributed by atoms with Gasteiger partial charge in [-0.2, -0.15) is 0 Å². The Morgan fingerprint density at radius 3 is 1.63 bits per heavy atom. The first-order valence-corrected chi connectivity index (χ1v) is 25.2. The van der Waals surface area contributed by atoms with Gasteiger partial charge in [0.1, 0.15) is 22.3 Å². The smallest absolute Gasteiger partial charge is 0.144 e. The molecular weight excluding hydrogens is 863 g/mol. The van der Waals surface area contributed by atoms with Crippen molar-refractivity contribution in [2.24, 2.45) is 0 Å². The summed E-state index contributed by atoms with van der Waals surface area (Å²) < 4.78 is 13.9. The average molecular weight is 914 g/mol. The van der Waals surface area contributed by atoms with Crippen LogP contribution in [-0.4, -0.2) is 0 Å². The highest BCUT2D eigenvalue weighted by atomic mass is 16.3. The summed E-state index contributed by atoms with van der Waals surface area (Å²) in [5.41, 5.74) is 25.6. The zero-order valence-electron chi connectivity index (χ0n) is 41.1. The van der Waals surface area contributed by atoms with Crippen molar-refractivity contribution < 1.29 is 8.83 Å². The van der Waals surface area contributed by atoms with Crippen LogP contribution in [0.1, 0.15) is 80.5 Å². The van der Waals surface area contributed by atoms with Crippen molar-refractivity contribution in [2.45, 2.75) is 64.7 Å². The Bertz CT molecular complexity index is 4320. The zero-order chi connectivity index (χ0) is 47.9. The van der Waals surface area contributed by atoms with Crippen molar-refractivity contribution in [1.82, 2.24) is 0 Å². The summed E-state index contributed by atoms with van der Waals surface area (Å²) in [5, 5.41) is 7.15. The average Bonchev–Trinajstić information content (AvgIpc) is 4.14. The number of hydrogen-bond donors (Lipinski definition) is 0. The maximum atomic E-state index is 7.01. The highest BCUT2D eigenvalue weighted by molar-refractivity contribution is 6.22. The van der Waals surface area contributed by atoms with Crippen LogP contribution < -0.4 is 4.90 Å². The first kappa shape index (κ1) is 40.7. The van der Waals surface area contributed by atoms with E-state index in [-0.39, 0.29) is 16.2 Å². The van der Waals surface area contributed by atoms with Crippen LogP contribution in [0, 0.1) is 6.92 Å². The first-order chi connectivity index (χ1) is 34.4. The molecule has 2 heterocycles.